The summed E-state index contributed by atoms with van der Waals surface area (Å²) in [5.74, 6) is 0.980. The molecule has 0 bridgehead atoms. The highest BCUT2D eigenvalue weighted by atomic mass is 32.1. The fourth-order valence-electron chi connectivity index (χ4n) is 3.24. The Morgan fingerprint density at radius 1 is 1.12 bits per heavy atom. The number of hydrogen-bond donors (Lipinski definition) is 1. The van der Waals surface area contributed by atoms with Crippen molar-refractivity contribution >= 4 is 12.6 Å². The summed E-state index contributed by atoms with van der Waals surface area (Å²) in [4.78, 5) is 0. The Morgan fingerprint density at radius 3 is 2.47 bits per heavy atom. The van der Waals surface area contributed by atoms with Gasteiger partial charge in [-0.15, -0.1) is 0 Å². The van der Waals surface area contributed by atoms with Crippen molar-refractivity contribution in [2.24, 2.45) is 5.41 Å². The molecule has 3 heteroatoms. The van der Waals surface area contributed by atoms with E-state index >= 15 is 0 Å². The molecule has 17 heavy (non-hydrogen) atoms. The van der Waals surface area contributed by atoms with E-state index in [-0.39, 0.29) is 0 Å². The fourth-order valence-corrected chi connectivity index (χ4v) is 3.64. The first kappa shape index (κ1) is 13.7. The maximum absolute atomic E-state index is 6.16. The van der Waals surface area contributed by atoms with Crippen LogP contribution in [0, 0.1) is 5.41 Å². The molecule has 0 N–H and O–H groups in total. The standard InChI is InChI=1S/C14H26O2S/c1-15-12-5-4-6-13(9-12)16-10-14(11-17)7-2-3-8-14/h12-13,17H,2-11H2,1H3. The second-order valence-electron chi connectivity index (χ2n) is 5.82. The second kappa shape index (κ2) is 6.44. The van der Waals surface area contributed by atoms with E-state index in [0.29, 0.717) is 17.6 Å². The molecule has 2 aliphatic rings. The van der Waals surface area contributed by atoms with Gasteiger partial charge in [0, 0.05) is 12.5 Å². The molecule has 0 radical (unpaired) electrons. The molecular weight excluding hydrogens is 232 g/mol. The van der Waals surface area contributed by atoms with Gasteiger partial charge in [-0.25, -0.2) is 0 Å². The van der Waals surface area contributed by atoms with E-state index < -0.39 is 0 Å². The zero-order valence-electron chi connectivity index (χ0n) is 11.0. The Labute approximate surface area is 111 Å². The average Bonchev–Trinajstić information content (AvgIpc) is 2.86. The SMILES string of the molecule is COC1CCCC(OCC2(CS)CCCC2)C1. The molecule has 0 aliphatic heterocycles. The van der Waals surface area contributed by atoms with E-state index in [0.717, 1.165) is 18.8 Å². The summed E-state index contributed by atoms with van der Waals surface area (Å²) in [5.41, 5.74) is 0.378. The lowest BCUT2D eigenvalue weighted by atomic mass is 9.89. The van der Waals surface area contributed by atoms with Gasteiger partial charge in [0.25, 0.3) is 0 Å². The molecule has 0 aromatic carbocycles. The molecule has 2 nitrogen and oxygen atoms in total. The van der Waals surface area contributed by atoms with Gasteiger partial charge in [0.05, 0.1) is 18.8 Å². The van der Waals surface area contributed by atoms with Gasteiger partial charge >= 0.3 is 0 Å². The van der Waals surface area contributed by atoms with Crippen molar-refractivity contribution in [2.45, 2.75) is 63.6 Å². The molecule has 2 saturated carbocycles. The zero-order valence-corrected chi connectivity index (χ0v) is 11.9. The number of ether oxygens (including phenoxy) is 2. The van der Waals surface area contributed by atoms with Crippen molar-refractivity contribution in [1.82, 2.24) is 0 Å². The van der Waals surface area contributed by atoms with Crippen LogP contribution in [0.3, 0.4) is 0 Å². The Kier molecular flexibility index (Phi) is 5.19. The van der Waals surface area contributed by atoms with Crippen molar-refractivity contribution < 1.29 is 9.47 Å². The van der Waals surface area contributed by atoms with Gasteiger partial charge < -0.3 is 9.47 Å². The number of hydrogen-bond acceptors (Lipinski definition) is 3. The van der Waals surface area contributed by atoms with Gasteiger partial charge in [0.1, 0.15) is 0 Å². The van der Waals surface area contributed by atoms with E-state index in [1.165, 1.54) is 44.9 Å². The van der Waals surface area contributed by atoms with Gasteiger partial charge in [-0.05, 0) is 44.3 Å². The Morgan fingerprint density at radius 2 is 1.82 bits per heavy atom. The molecule has 0 aromatic heterocycles. The average molecular weight is 258 g/mol. The van der Waals surface area contributed by atoms with E-state index in [1.807, 2.05) is 7.11 Å². The monoisotopic (exact) mass is 258 g/mol. The molecule has 100 valence electrons. The lowest BCUT2D eigenvalue weighted by Crippen LogP contribution is -2.33. The van der Waals surface area contributed by atoms with Gasteiger partial charge in [-0.2, -0.15) is 12.6 Å². The van der Waals surface area contributed by atoms with Crippen LogP contribution in [0.5, 0.6) is 0 Å². The molecule has 2 aliphatic carbocycles. The third kappa shape index (κ3) is 3.62. The van der Waals surface area contributed by atoms with Gasteiger partial charge in [0.2, 0.25) is 0 Å². The maximum Gasteiger partial charge on any atom is 0.0600 e. The largest absolute Gasteiger partial charge is 0.381 e. The van der Waals surface area contributed by atoms with E-state index in [1.54, 1.807) is 0 Å². The lowest BCUT2D eigenvalue weighted by molar-refractivity contribution is -0.0538. The smallest absolute Gasteiger partial charge is 0.0600 e. The molecule has 2 unspecified atom stereocenters. The van der Waals surface area contributed by atoms with Gasteiger partial charge in [-0.3, -0.25) is 0 Å². The quantitative estimate of drug-likeness (QED) is 0.761. The van der Waals surface area contributed by atoms with Crippen LogP contribution < -0.4 is 0 Å². The molecule has 0 heterocycles. The predicted octanol–water partition coefficient (Wildman–Crippen LogP) is 3.45. The summed E-state index contributed by atoms with van der Waals surface area (Å²) in [5, 5.41) is 0. The molecule has 2 rings (SSSR count). The fraction of sp³-hybridized carbons (Fsp3) is 1.00. The van der Waals surface area contributed by atoms with Crippen LogP contribution in [-0.2, 0) is 9.47 Å². The highest BCUT2D eigenvalue weighted by molar-refractivity contribution is 7.80. The second-order valence-corrected chi connectivity index (χ2v) is 6.14. The van der Waals surface area contributed by atoms with Gasteiger partial charge in [-0.1, -0.05) is 12.8 Å². The van der Waals surface area contributed by atoms with E-state index in [9.17, 15) is 0 Å². The summed E-state index contributed by atoms with van der Waals surface area (Å²) in [7, 11) is 1.82. The van der Waals surface area contributed by atoms with E-state index in [2.05, 4.69) is 12.6 Å². The van der Waals surface area contributed by atoms with Crippen LogP contribution in [0.15, 0.2) is 0 Å². The topological polar surface area (TPSA) is 18.5 Å². The van der Waals surface area contributed by atoms with Crippen molar-refractivity contribution in [1.29, 1.82) is 0 Å². The van der Waals surface area contributed by atoms with Crippen LogP contribution in [0.4, 0.5) is 0 Å². The van der Waals surface area contributed by atoms with Crippen LogP contribution in [0.2, 0.25) is 0 Å². The Balaban J connectivity index is 1.76. The summed E-state index contributed by atoms with van der Waals surface area (Å²) >= 11 is 4.53. The first-order valence-electron chi connectivity index (χ1n) is 7.03. The Bertz CT molecular complexity index is 226. The minimum absolute atomic E-state index is 0.378. The molecule has 0 saturated heterocycles. The van der Waals surface area contributed by atoms with Crippen molar-refractivity contribution in [2.75, 3.05) is 19.5 Å². The molecule has 0 aromatic rings. The van der Waals surface area contributed by atoms with Crippen LogP contribution in [0.1, 0.15) is 51.4 Å². The summed E-state index contributed by atoms with van der Waals surface area (Å²) < 4.78 is 11.6. The third-order valence-electron chi connectivity index (χ3n) is 4.54. The highest BCUT2D eigenvalue weighted by Gasteiger charge is 2.34. The zero-order chi connectivity index (χ0) is 12.1. The van der Waals surface area contributed by atoms with Crippen molar-refractivity contribution in [3.63, 3.8) is 0 Å². The molecular formula is C14H26O2S. The third-order valence-corrected chi connectivity index (χ3v) is 5.21. The number of thiol groups is 1. The minimum Gasteiger partial charge on any atom is -0.381 e. The summed E-state index contributed by atoms with van der Waals surface area (Å²) in [6.07, 6.45) is 10.9. The van der Waals surface area contributed by atoms with Crippen molar-refractivity contribution in [3.05, 3.63) is 0 Å². The normalized spacial score (nSPS) is 32.8. The molecule has 2 atom stereocenters. The van der Waals surface area contributed by atoms with Crippen LogP contribution in [-0.4, -0.2) is 31.7 Å². The molecule has 0 amide bonds. The number of rotatable bonds is 5. The predicted molar refractivity (Wildman–Crippen MR) is 73.8 cm³/mol. The maximum atomic E-state index is 6.16. The van der Waals surface area contributed by atoms with Crippen LogP contribution >= 0.6 is 12.6 Å². The first-order valence-corrected chi connectivity index (χ1v) is 7.66. The van der Waals surface area contributed by atoms with Crippen LogP contribution in [0.25, 0.3) is 0 Å². The van der Waals surface area contributed by atoms with Crippen molar-refractivity contribution in [3.8, 4) is 0 Å². The number of methoxy groups -OCH3 is 1. The molecule has 2 fully saturated rings. The summed E-state index contributed by atoms with van der Waals surface area (Å²) in [6.45, 7) is 0.914. The van der Waals surface area contributed by atoms with Gasteiger partial charge in [0.15, 0.2) is 0 Å². The summed E-state index contributed by atoms with van der Waals surface area (Å²) in [6, 6.07) is 0. The molecule has 0 spiro atoms. The lowest BCUT2D eigenvalue weighted by Gasteiger charge is -2.33. The minimum atomic E-state index is 0.378. The first-order chi connectivity index (χ1) is 8.28. The van der Waals surface area contributed by atoms with E-state index in [4.69, 9.17) is 9.47 Å². The highest BCUT2D eigenvalue weighted by Crippen LogP contribution is 2.40. The Hall–Kier alpha value is 0.270.